The molecule has 4 nitrogen and oxygen atoms in total. The second-order valence-corrected chi connectivity index (χ2v) is 5.37. The molecule has 1 heterocycles. The van der Waals surface area contributed by atoms with Crippen LogP contribution in [0.3, 0.4) is 0 Å². The van der Waals surface area contributed by atoms with Crippen molar-refractivity contribution in [1.29, 1.82) is 0 Å². The van der Waals surface area contributed by atoms with Crippen LogP contribution in [0.2, 0.25) is 0 Å². The lowest BCUT2D eigenvalue weighted by molar-refractivity contribution is -0.140. The van der Waals surface area contributed by atoms with Gasteiger partial charge >= 0.3 is 5.97 Å². The lowest BCUT2D eigenvalue weighted by Crippen LogP contribution is -2.18. The number of hydrogen-bond donors (Lipinski definition) is 0. The lowest BCUT2D eigenvalue weighted by atomic mass is 10.0. The van der Waals surface area contributed by atoms with Gasteiger partial charge in [0.15, 0.2) is 0 Å². The van der Waals surface area contributed by atoms with Crippen LogP contribution in [0.25, 0.3) is 5.70 Å². The zero-order chi connectivity index (χ0) is 16.2. The van der Waals surface area contributed by atoms with Gasteiger partial charge in [-0.25, -0.2) is 5.06 Å². The predicted octanol–water partition coefficient (Wildman–Crippen LogP) is 3.80. The molecule has 1 atom stereocenters. The van der Waals surface area contributed by atoms with Crippen LogP contribution in [0.15, 0.2) is 66.2 Å². The lowest BCUT2D eigenvalue weighted by Gasteiger charge is -2.21. The number of carbonyl (C=O) groups is 1. The number of ether oxygens (including phenoxy) is 1. The van der Waals surface area contributed by atoms with Gasteiger partial charge in [0, 0.05) is 5.56 Å². The van der Waals surface area contributed by atoms with E-state index in [1.54, 1.807) is 5.06 Å². The molecule has 0 N–H and O–H groups in total. The SMILES string of the molecule is COC(=O)CC1=C(c2ccccc2)N(c2ccccc2)O[C@@H]1C. The van der Waals surface area contributed by atoms with Gasteiger partial charge in [0.2, 0.25) is 0 Å². The highest BCUT2D eigenvalue weighted by molar-refractivity contribution is 5.86. The molecule has 2 aromatic carbocycles. The van der Waals surface area contributed by atoms with Crippen LogP contribution < -0.4 is 5.06 Å². The molecule has 0 radical (unpaired) electrons. The van der Waals surface area contributed by atoms with Gasteiger partial charge in [0.05, 0.1) is 24.9 Å². The first kappa shape index (κ1) is 15.3. The second kappa shape index (κ2) is 6.67. The molecule has 1 aliphatic heterocycles. The summed E-state index contributed by atoms with van der Waals surface area (Å²) in [7, 11) is 1.40. The van der Waals surface area contributed by atoms with Crippen molar-refractivity contribution in [1.82, 2.24) is 0 Å². The first-order valence-electron chi connectivity index (χ1n) is 7.58. The van der Waals surface area contributed by atoms with E-state index in [2.05, 4.69) is 0 Å². The maximum absolute atomic E-state index is 11.8. The Bertz CT molecular complexity index is 710. The van der Waals surface area contributed by atoms with Crippen molar-refractivity contribution in [3.8, 4) is 0 Å². The van der Waals surface area contributed by atoms with Crippen LogP contribution in [-0.2, 0) is 14.4 Å². The molecule has 2 aromatic rings. The number of carbonyl (C=O) groups excluding carboxylic acids is 1. The van der Waals surface area contributed by atoms with Crippen molar-refractivity contribution >= 4 is 17.4 Å². The van der Waals surface area contributed by atoms with Crippen molar-refractivity contribution in [3.63, 3.8) is 0 Å². The maximum atomic E-state index is 11.8. The van der Waals surface area contributed by atoms with E-state index in [1.807, 2.05) is 67.6 Å². The standard InChI is InChI=1S/C19H19NO3/c1-14-17(13-18(21)22-2)19(15-9-5-3-6-10-15)20(23-14)16-11-7-4-8-12-16/h3-12,14H,13H2,1-2H3/t14-/m1/s1. The van der Waals surface area contributed by atoms with E-state index in [0.29, 0.717) is 0 Å². The quantitative estimate of drug-likeness (QED) is 0.805. The molecule has 0 aliphatic carbocycles. The average molecular weight is 309 g/mol. The Kier molecular flexibility index (Phi) is 4.44. The third-order valence-corrected chi connectivity index (χ3v) is 3.86. The third kappa shape index (κ3) is 3.12. The molecular formula is C19H19NO3. The van der Waals surface area contributed by atoms with Crippen molar-refractivity contribution in [2.75, 3.05) is 12.2 Å². The fourth-order valence-corrected chi connectivity index (χ4v) is 2.70. The first-order valence-corrected chi connectivity index (χ1v) is 7.58. The minimum atomic E-state index is -0.265. The van der Waals surface area contributed by atoms with Gasteiger partial charge in [-0.3, -0.25) is 9.63 Å². The van der Waals surface area contributed by atoms with Crippen LogP contribution in [0.1, 0.15) is 18.9 Å². The largest absolute Gasteiger partial charge is 0.469 e. The number of nitrogens with zero attached hydrogens (tertiary/aromatic N) is 1. The molecule has 0 saturated carbocycles. The summed E-state index contributed by atoms with van der Waals surface area (Å²) in [6.45, 7) is 1.95. The second-order valence-electron chi connectivity index (χ2n) is 5.37. The third-order valence-electron chi connectivity index (χ3n) is 3.86. The number of esters is 1. The van der Waals surface area contributed by atoms with E-state index >= 15 is 0 Å². The minimum absolute atomic E-state index is 0.190. The zero-order valence-electron chi connectivity index (χ0n) is 13.2. The summed E-state index contributed by atoms with van der Waals surface area (Å²) in [5.74, 6) is -0.265. The van der Waals surface area contributed by atoms with Gasteiger partial charge in [-0.15, -0.1) is 0 Å². The van der Waals surface area contributed by atoms with Gasteiger partial charge in [0.1, 0.15) is 6.10 Å². The highest BCUT2D eigenvalue weighted by Gasteiger charge is 2.33. The number of hydrogen-bond acceptors (Lipinski definition) is 4. The predicted molar refractivity (Wildman–Crippen MR) is 89.5 cm³/mol. The maximum Gasteiger partial charge on any atom is 0.309 e. The molecule has 1 aliphatic rings. The van der Waals surface area contributed by atoms with Gasteiger partial charge in [-0.1, -0.05) is 48.5 Å². The average Bonchev–Trinajstić information content (AvgIpc) is 2.93. The highest BCUT2D eigenvalue weighted by atomic mass is 16.7. The Labute approximate surface area is 135 Å². The van der Waals surface area contributed by atoms with Crippen molar-refractivity contribution in [2.24, 2.45) is 0 Å². The van der Waals surface area contributed by atoms with Gasteiger partial charge in [-0.05, 0) is 24.6 Å². The molecule has 4 heteroatoms. The summed E-state index contributed by atoms with van der Waals surface area (Å²) in [5, 5.41) is 1.80. The van der Waals surface area contributed by atoms with E-state index in [1.165, 1.54) is 7.11 Å². The summed E-state index contributed by atoms with van der Waals surface area (Å²) in [5.41, 5.74) is 3.78. The summed E-state index contributed by atoms with van der Waals surface area (Å²) in [6.07, 6.45) is 0.0233. The minimum Gasteiger partial charge on any atom is -0.469 e. The Morgan fingerprint density at radius 3 is 2.30 bits per heavy atom. The molecule has 0 bridgehead atoms. The number of methoxy groups -OCH3 is 1. The van der Waals surface area contributed by atoms with Crippen LogP contribution in [-0.4, -0.2) is 19.2 Å². The van der Waals surface area contributed by atoms with Crippen molar-refractivity contribution in [3.05, 3.63) is 71.8 Å². The van der Waals surface area contributed by atoms with E-state index < -0.39 is 0 Å². The molecule has 0 aromatic heterocycles. The van der Waals surface area contributed by atoms with Gasteiger partial charge < -0.3 is 4.74 Å². The number of rotatable bonds is 4. The fourth-order valence-electron chi connectivity index (χ4n) is 2.70. The Balaban J connectivity index is 2.09. The summed E-state index contributed by atoms with van der Waals surface area (Å²) in [4.78, 5) is 17.8. The van der Waals surface area contributed by atoms with E-state index in [4.69, 9.17) is 9.57 Å². The van der Waals surface area contributed by atoms with Crippen LogP contribution >= 0.6 is 0 Å². The Morgan fingerprint density at radius 2 is 1.70 bits per heavy atom. The number of anilines is 1. The molecular weight excluding hydrogens is 290 g/mol. The fraction of sp³-hybridized carbons (Fsp3) is 0.211. The van der Waals surface area contributed by atoms with Crippen LogP contribution in [0.4, 0.5) is 5.69 Å². The van der Waals surface area contributed by atoms with Crippen molar-refractivity contribution in [2.45, 2.75) is 19.4 Å². The monoisotopic (exact) mass is 309 g/mol. The molecule has 118 valence electrons. The molecule has 0 spiro atoms. The number of para-hydroxylation sites is 1. The summed E-state index contributed by atoms with van der Waals surface area (Å²) in [6, 6.07) is 19.8. The van der Waals surface area contributed by atoms with Crippen LogP contribution in [0, 0.1) is 0 Å². The first-order chi connectivity index (χ1) is 11.2. The molecule has 0 fully saturated rings. The molecule has 0 unspecified atom stereocenters. The molecule has 0 amide bonds. The van der Waals surface area contributed by atoms with E-state index in [0.717, 1.165) is 22.5 Å². The molecule has 3 rings (SSSR count). The number of benzene rings is 2. The molecule has 23 heavy (non-hydrogen) atoms. The van der Waals surface area contributed by atoms with Crippen molar-refractivity contribution < 1.29 is 14.4 Å². The Hall–Kier alpha value is -2.59. The van der Waals surface area contributed by atoms with Gasteiger partial charge in [-0.2, -0.15) is 0 Å². The molecule has 0 saturated heterocycles. The highest BCUT2D eigenvalue weighted by Crippen LogP contribution is 2.38. The summed E-state index contributed by atoms with van der Waals surface area (Å²) < 4.78 is 4.84. The van der Waals surface area contributed by atoms with E-state index in [-0.39, 0.29) is 18.5 Å². The van der Waals surface area contributed by atoms with Crippen LogP contribution in [0.5, 0.6) is 0 Å². The number of hydroxylamine groups is 1. The van der Waals surface area contributed by atoms with Gasteiger partial charge in [0.25, 0.3) is 0 Å². The Morgan fingerprint density at radius 1 is 1.09 bits per heavy atom. The zero-order valence-corrected chi connectivity index (χ0v) is 13.2. The van der Waals surface area contributed by atoms with E-state index in [9.17, 15) is 4.79 Å². The summed E-state index contributed by atoms with van der Waals surface area (Å²) >= 11 is 0. The smallest absolute Gasteiger partial charge is 0.309 e. The topological polar surface area (TPSA) is 38.8 Å². The normalized spacial score (nSPS) is 17.5.